The van der Waals surface area contributed by atoms with E-state index in [1.165, 1.54) is 6.07 Å². The van der Waals surface area contributed by atoms with Crippen molar-refractivity contribution in [3.8, 4) is 11.8 Å². The Morgan fingerprint density at radius 2 is 2.24 bits per heavy atom. The van der Waals surface area contributed by atoms with Crippen LogP contribution in [-0.4, -0.2) is 17.7 Å². The summed E-state index contributed by atoms with van der Waals surface area (Å²) >= 11 is 0. The van der Waals surface area contributed by atoms with E-state index in [0.29, 0.717) is 0 Å². The van der Waals surface area contributed by atoms with Crippen LogP contribution in [0.25, 0.3) is 0 Å². The van der Waals surface area contributed by atoms with Gasteiger partial charge in [-0.2, -0.15) is 14.0 Å². The molecule has 0 spiro atoms. The highest BCUT2D eigenvalue weighted by atomic mass is 19.3. The normalized spacial score (nSPS) is 10.1. The van der Waals surface area contributed by atoms with Gasteiger partial charge < -0.3 is 15.6 Å². The molecule has 3 N–H and O–H groups in total. The molecule has 0 saturated carbocycles. The molecule has 0 saturated heterocycles. The van der Waals surface area contributed by atoms with Crippen LogP contribution in [0.3, 0.4) is 0 Å². The van der Waals surface area contributed by atoms with Crippen molar-refractivity contribution >= 4 is 5.97 Å². The van der Waals surface area contributed by atoms with Crippen molar-refractivity contribution in [2.24, 2.45) is 5.73 Å². The number of benzene rings is 1. The Morgan fingerprint density at radius 3 is 2.65 bits per heavy atom. The first kappa shape index (κ1) is 12.9. The molecule has 0 bridgehead atoms. The zero-order chi connectivity index (χ0) is 13.0. The summed E-state index contributed by atoms with van der Waals surface area (Å²) in [5.74, 6) is -1.89. The van der Waals surface area contributed by atoms with Gasteiger partial charge in [0.1, 0.15) is 17.4 Å². The van der Waals surface area contributed by atoms with Crippen molar-refractivity contribution in [3.05, 3.63) is 28.8 Å². The smallest absolute Gasteiger partial charge is 0.387 e. The van der Waals surface area contributed by atoms with Crippen LogP contribution in [0, 0.1) is 11.3 Å². The first-order chi connectivity index (χ1) is 7.99. The quantitative estimate of drug-likeness (QED) is 0.829. The van der Waals surface area contributed by atoms with Gasteiger partial charge in [0.05, 0.1) is 5.56 Å². The number of nitrogens with zero attached hydrogens (tertiary/aromatic N) is 1. The van der Waals surface area contributed by atoms with Gasteiger partial charge in [-0.25, -0.2) is 4.79 Å². The molecular formula is C10H8F2N2O3. The molecule has 5 nitrogen and oxygen atoms in total. The van der Waals surface area contributed by atoms with Crippen molar-refractivity contribution in [1.82, 2.24) is 0 Å². The van der Waals surface area contributed by atoms with E-state index in [1.807, 2.05) is 0 Å². The molecule has 0 atom stereocenters. The number of ether oxygens (including phenoxy) is 1. The van der Waals surface area contributed by atoms with Crippen molar-refractivity contribution in [3.63, 3.8) is 0 Å². The summed E-state index contributed by atoms with van der Waals surface area (Å²) in [6.45, 7) is -3.19. The highest BCUT2D eigenvalue weighted by molar-refractivity contribution is 5.92. The lowest BCUT2D eigenvalue weighted by Crippen LogP contribution is -2.10. The first-order valence-corrected chi connectivity index (χ1v) is 4.44. The maximum Gasteiger partial charge on any atom is 0.387 e. The largest absolute Gasteiger partial charge is 0.478 e. The van der Waals surface area contributed by atoms with E-state index in [2.05, 4.69) is 4.74 Å². The van der Waals surface area contributed by atoms with Gasteiger partial charge in [-0.15, -0.1) is 0 Å². The van der Waals surface area contributed by atoms with Gasteiger partial charge in [0.15, 0.2) is 0 Å². The average Bonchev–Trinajstić information content (AvgIpc) is 2.26. The summed E-state index contributed by atoms with van der Waals surface area (Å²) in [6.07, 6.45) is 0. The molecule has 0 aliphatic rings. The van der Waals surface area contributed by atoms with Crippen LogP contribution >= 0.6 is 0 Å². The zero-order valence-corrected chi connectivity index (χ0v) is 8.48. The highest BCUT2D eigenvalue weighted by Gasteiger charge is 2.19. The van der Waals surface area contributed by atoms with Crippen LogP contribution in [0.1, 0.15) is 21.5 Å². The van der Waals surface area contributed by atoms with Gasteiger partial charge in [-0.05, 0) is 17.7 Å². The number of nitriles is 1. The summed E-state index contributed by atoms with van der Waals surface area (Å²) in [5, 5.41) is 17.6. The maximum absolute atomic E-state index is 12.1. The lowest BCUT2D eigenvalue weighted by atomic mass is 10.0. The molecule has 1 aromatic carbocycles. The number of halogens is 2. The Labute approximate surface area is 95.0 Å². The van der Waals surface area contributed by atoms with Crippen molar-refractivity contribution in [1.29, 1.82) is 5.26 Å². The summed E-state index contributed by atoms with van der Waals surface area (Å²) in [4.78, 5) is 10.9. The zero-order valence-electron chi connectivity index (χ0n) is 8.48. The summed E-state index contributed by atoms with van der Waals surface area (Å²) in [7, 11) is 0. The second-order valence-electron chi connectivity index (χ2n) is 3.02. The molecule has 0 aromatic heterocycles. The minimum atomic E-state index is -3.14. The van der Waals surface area contributed by atoms with Gasteiger partial charge in [-0.3, -0.25) is 0 Å². The van der Waals surface area contributed by atoms with Crippen LogP contribution in [0.15, 0.2) is 12.1 Å². The minimum absolute atomic E-state index is 0.0500. The molecule has 0 aliphatic carbocycles. The van der Waals surface area contributed by atoms with Crippen molar-refractivity contribution < 1.29 is 23.4 Å². The second-order valence-corrected chi connectivity index (χ2v) is 3.02. The fourth-order valence-electron chi connectivity index (χ4n) is 1.26. The summed E-state index contributed by atoms with van der Waals surface area (Å²) in [5.41, 5.74) is 4.72. The van der Waals surface area contributed by atoms with E-state index in [0.717, 1.165) is 12.1 Å². The predicted octanol–water partition coefficient (Wildman–Crippen LogP) is 1.32. The third kappa shape index (κ3) is 2.89. The van der Waals surface area contributed by atoms with Crippen LogP contribution in [-0.2, 0) is 6.54 Å². The number of carboxylic acids is 1. The molecule has 0 unspecified atom stereocenters. The van der Waals surface area contributed by atoms with E-state index in [-0.39, 0.29) is 12.1 Å². The number of hydrogen-bond acceptors (Lipinski definition) is 4. The number of carboxylic acid groups (broad SMARTS) is 1. The molecule has 0 heterocycles. The Bertz CT molecular complexity index is 483. The monoisotopic (exact) mass is 242 g/mol. The number of rotatable bonds is 4. The molecular weight excluding hydrogens is 234 g/mol. The number of hydrogen-bond donors (Lipinski definition) is 2. The van der Waals surface area contributed by atoms with E-state index in [9.17, 15) is 13.6 Å². The van der Waals surface area contributed by atoms with Gasteiger partial charge in [0.25, 0.3) is 0 Å². The second kappa shape index (κ2) is 5.23. The molecule has 7 heteroatoms. The first-order valence-electron chi connectivity index (χ1n) is 4.44. The summed E-state index contributed by atoms with van der Waals surface area (Å²) in [6, 6.07) is 3.80. The fourth-order valence-corrected chi connectivity index (χ4v) is 1.26. The van der Waals surface area contributed by atoms with Gasteiger partial charge in [-0.1, -0.05) is 0 Å². The van der Waals surface area contributed by atoms with Crippen LogP contribution in [0.4, 0.5) is 8.78 Å². The highest BCUT2D eigenvalue weighted by Crippen LogP contribution is 2.26. The molecule has 0 radical (unpaired) electrons. The van der Waals surface area contributed by atoms with E-state index in [1.54, 1.807) is 0 Å². The maximum atomic E-state index is 12.1. The Hall–Kier alpha value is -2.20. The Balaban J connectivity index is 3.40. The van der Waals surface area contributed by atoms with Crippen LogP contribution < -0.4 is 10.5 Å². The standard InChI is InChI=1S/C10H8F2N2O3/c11-10(12)17-8-2-5(3-13)1-6(9(15)16)7(8)4-14/h1-2,10H,3,13H2,(H,15,16). The molecule has 1 aromatic rings. The van der Waals surface area contributed by atoms with Crippen LogP contribution in [0.2, 0.25) is 0 Å². The molecule has 0 amide bonds. The average molecular weight is 242 g/mol. The van der Waals surface area contributed by atoms with E-state index in [4.69, 9.17) is 16.1 Å². The van der Waals surface area contributed by atoms with Gasteiger partial charge >= 0.3 is 12.6 Å². The molecule has 1 rings (SSSR count). The van der Waals surface area contributed by atoms with Crippen molar-refractivity contribution in [2.75, 3.05) is 0 Å². The van der Waals surface area contributed by atoms with E-state index < -0.39 is 29.5 Å². The lowest BCUT2D eigenvalue weighted by Gasteiger charge is -2.10. The molecule has 0 fully saturated rings. The lowest BCUT2D eigenvalue weighted by molar-refractivity contribution is -0.0501. The minimum Gasteiger partial charge on any atom is -0.478 e. The van der Waals surface area contributed by atoms with Gasteiger partial charge in [0, 0.05) is 6.54 Å². The molecule has 90 valence electrons. The topological polar surface area (TPSA) is 96.3 Å². The Kier molecular flexibility index (Phi) is 3.96. The Morgan fingerprint density at radius 1 is 1.59 bits per heavy atom. The van der Waals surface area contributed by atoms with E-state index >= 15 is 0 Å². The number of carbonyl (C=O) groups is 1. The number of alkyl halides is 2. The summed E-state index contributed by atoms with van der Waals surface area (Å²) < 4.78 is 28.3. The molecule has 0 aliphatic heterocycles. The molecule has 17 heavy (non-hydrogen) atoms. The number of aromatic carboxylic acids is 1. The van der Waals surface area contributed by atoms with Crippen molar-refractivity contribution in [2.45, 2.75) is 13.2 Å². The predicted molar refractivity (Wildman–Crippen MR) is 52.6 cm³/mol. The fraction of sp³-hybridized carbons (Fsp3) is 0.200. The number of nitrogens with two attached hydrogens (primary N) is 1. The third-order valence-corrected chi connectivity index (χ3v) is 1.96. The van der Waals surface area contributed by atoms with Gasteiger partial charge in [0.2, 0.25) is 0 Å². The van der Waals surface area contributed by atoms with Crippen LogP contribution in [0.5, 0.6) is 5.75 Å². The SMILES string of the molecule is N#Cc1c(OC(F)F)cc(CN)cc1C(=O)O. The third-order valence-electron chi connectivity index (χ3n) is 1.96.